The molecule has 0 aliphatic carbocycles. The fourth-order valence-electron chi connectivity index (χ4n) is 1.35. The summed E-state index contributed by atoms with van der Waals surface area (Å²) >= 11 is 0. The minimum atomic E-state index is -1.35. The van der Waals surface area contributed by atoms with Crippen LogP contribution in [0.25, 0.3) is 0 Å². The Hall–Kier alpha value is 0.680. The van der Waals surface area contributed by atoms with Gasteiger partial charge < -0.3 is 19.8 Å². The molecule has 0 fully saturated rings. The molecule has 92 valence electrons. The van der Waals surface area contributed by atoms with E-state index in [1.54, 1.807) is 6.08 Å². The minimum Gasteiger partial charge on any atom is -0.550 e. The maximum Gasteiger partial charge on any atom is 1.00 e. The summed E-state index contributed by atoms with van der Waals surface area (Å²) in [5.74, 6) is -3.66. The molecule has 0 saturated carbocycles. The molecule has 0 rings (SSSR count). The largest absolute Gasteiger partial charge is 1.00 e. The normalized spacial score (nSPS) is 11.4. The van der Waals surface area contributed by atoms with Crippen LogP contribution in [0.5, 0.6) is 0 Å². The van der Waals surface area contributed by atoms with E-state index >= 15 is 0 Å². The van der Waals surface area contributed by atoms with Crippen molar-refractivity contribution < 1.29 is 78.9 Å². The molecule has 6 heteroatoms. The number of carbonyl (C=O) groups is 2. The van der Waals surface area contributed by atoms with Crippen molar-refractivity contribution >= 4 is 11.9 Å². The number of unbranched alkanes of at least 4 members (excludes halogenated alkanes) is 3. The summed E-state index contributed by atoms with van der Waals surface area (Å²) in [5, 5.41) is 20.8. The van der Waals surface area contributed by atoms with Gasteiger partial charge in [0.1, 0.15) is 0 Å². The molecule has 1 unspecified atom stereocenters. The van der Waals surface area contributed by atoms with Crippen LogP contribution in [-0.4, -0.2) is 11.9 Å². The molecule has 0 heterocycles. The molecule has 0 aromatic carbocycles. The van der Waals surface area contributed by atoms with Gasteiger partial charge in [0, 0.05) is 17.9 Å². The van der Waals surface area contributed by atoms with E-state index in [4.69, 9.17) is 0 Å². The number of rotatable bonds is 9. The van der Waals surface area contributed by atoms with Crippen molar-refractivity contribution in [2.75, 3.05) is 0 Å². The van der Waals surface area contributed by atoms with E-state index in [0.29, 0.717) is 0 Å². The Balaban J connectivity index is -0.00000112. The van der Waals surface area contributed by atoms with E-state index in [1.807, 2.05) is 6.08 Å². The molecule has 0 radical (unpaired) electrons. The van der Waals surface area contributed by atoms with Gasteiger partial charge in [-0.15, -0.1) is 0 Å². The van der Waals surface area contributed by atoms with Gasteiger partial charge in [-0.1, -0.05) is 31.9 Å². The standard InChI is InChI=1S/C12H20O4.2Na/c1-2-3-4-5-6-7-8-10(12(15)16)9-11(13)14;;/h6-7,10H,2-5,8-9H2,1H3,(H,13,14)(H,15,16);;/q;2*+1/p-2. The predicted molar refractivity (Wildman–Crippen MR) is 56.0 cm³/mol. The fraction of sp³-hybridized carbons (Fsp3) is 0.667. The second kappa shape index (κ2) is 15.7. The molecule has 0 aromatic heterocycles. The number of aliphatic carboxylic acids is 2. The smallest absolute Gasteiger partial charge is 0.550 e. The van der Waals surface area contributed by atoms with Gasteiger partial charge >= 0.3 is 59.1 Å². The summed E-state index contributed by atoms with van der Waals surface area (Å²) in [7, 11) is 0. The van der Waals surface area contributed by atoms with Gasteiger partial charge in [0.2, 0.25) is 0 Å². The Bertz CT molecular complexity index is 254. The molecule has 4 nitrogen and oxygen atoms in total. The van der Waals surface area contributed by atoms with Gasteiger partial charge in [-0.05, 0) is 25.7 Å². The average Bonchev–Trinajstić information content (AvgIpc) is 2.20. The zero-order valence-electron chi connectivity index (χ0n) is 11.6. The van der Waals surface area contributed by atoms with E-state index in [2.05, 4.69) is 6.92 Å². The van der Waals surface area contributed by atoms with Crippen molar-refractivity contribution in [3.63, 3.8) is 0 Å². The third-order valence-corrected chi connectivity index (χ3v) is 2.31. The molecule has 0 aromatic rings. The first-order chi connectivity index (χ1) is 7.57. The Morgan fingerprint density at radius 2 is 1.72 bits per heavy atom. The van der Waals surface area contributed by atoms with Crippen LogP contribution >= 0.6 is 0 Å². The topological polar surface area (TPSA) is 80.3 Å². The van der Waals surface area contributed by atoms with Crippen LogP contribution < -0.4 is 69.3 Å². The minimum absolute atomic E-state index is 0. The van der Waals surface area contributed by atoms with Gasteiger partial charge in [0.15, 0.2) is 0 Å². The molecule has 0 spiro atoms. The fourth-order valence-corrected chi connectivity index (χ4v) is 1.35. The van der Waals surface area contributed by atoms with Crippen LogP contribution in [0.1, 0.15) is 45.4 Å². The van der Waals surface area contributed by atoms with Crippen molar-refractivity contribution in [1.82, 2.24) is 0 Å². The number of hydrogen-bond donors (Lipinski definition) is 0. The van der Waals surface area contributed by atoms with Gasteiger partial charge in [0.25, 0.3) is 0 Å². The van der Waals surface area contributed by atoms with E-state index in [9.17, 15) is 19.8 Å². The predicted octanol–water partition coefficient (Wildman–Crippen LogP) is -5.97. The summed E-state index contributed by atoms with van der Waals surface area (Å²) in [6.07, 6.45) is 7.57. The van der Waals surface area contributed by atoms with Gasteiger partial charge in [0.05, 0.1) is 0 Å². The first-order valence-corrected chi connectivity index (χ1v) is 5.63. The summed E-state index contributed by atoms with van der Waals surface area (Å²) in [5.41, 5.74) is 0. The molecular formula is C12H18Na2O4. The Labute approximate surface area is 153 Å². The van der Waals surface area contributed by atoms with Crippen LogP contribution in [0.2, 0.25) is 0 Å². The molecule has 0 saturated heterocycles. The molecule has 18 heavy (non-hydrogen) atoms. The van der Waals surface area contributed by atoms with E-state index in [0.717, 1.165) is 25.7 Å². The van der Waals surface area contributed by atoms with Gasteiger partial charge in [-0.2, -0.15) is 0 Å². The molecule has 0 amide bonds. The summed E-state index contributed by atoms with van der Waals surface area (Å²) < 4.78 is 0. The average molecular weight is 272 g/mol. The van der Waals surface area contributed by atoms with E-state index < -0.39 is 24.3 Å². The van der Waals surface area contributed by atoms with Crippen molar-refractivity contribution in [1.29, 1.82) is 0 Å². The number of allylic oxidation sites excluding steroid dienone is 2. The number of carboxylic acids is 2. The van der Waals surface area contributed by atoms with Gasteiger partial charge in [-0.3, -0.25) is 0 Å². The van der Waals surface area contributed by atoms with Crippen LogP contribution in [0.3, 0.4) is 0 Å². The quantitative estimate of drug-likeness (QED) is 0.238. The Kier molecular flexibility index (Phi) is 20.8. The van der Waals surface area contributed by atoms with Crippen LogP contribution in [0.4, 0.5) is 0 Å². The third kappa shape index (κ3) is 14.7. The molecule has 0 aliphatic heterocycles. The number of hydrogen-bond acceptors (Lipinski definition) is 4. The second-order valence-corrected chi connectivity index (χ2v) is 3.79. The van der Waals surface area contributed by atoms with E-state index in [1.165, 1.54) is 0 Å². The maximum atomic E-state index is 10.6. The zero-order chi connectivity index (χ0) is 12.4. The molecule has 0 N–H and O–H groups in total. The maximum absolute atomic E-state index is 10.6. The van der Waals surface area contributed by atoms with Crippen molar-refractivity contribution in [3.05, 3.63) is 12.2 Å². The SMILES string of the molecule is CCCCCC=CCC(CC(=O)[O-])C(=O)[O-].[Na+].[Na+]. The first-order valence-electron chi connectivity index (χ1n) is 5.63. The van der Waals surface area contributed by atoms with Crippen molar-refractivity contribution in [2.45, 2.75) is 45.4 Å². The van der Waals surface area contributed by atoms with Crippen LogP contribution in [-0.2, 0) is 9.59 Å². The summed E-state index contributed by atoms with van der Waals surface area (Å²) in [4.78, 5) is 20.8. The molecule has 0 aliphatic rings. The van der Waals surface area contributed by atoms with Crippen molar-refractivity contribution in [2.24, 2.45) is 5.92 Å². The monoisotopic (exact) mass is 272 g/mol. The van der Waals surface area contributed by atoms with Crippen molar-refractivity contribution in [3.8, 4) is 0 Å². The summed E-state index contributed by atoms with van der Waals surface area (Å²) in [6.45, 7) is 2.11. The molecular weight excluding hydrogens is 254 g/mol. The number of carbonyl (C=O) groups excluding carboxylic acids is 2. The van der Waals surface area contributed by atoms with Crippen LogP contribution in [0, 0.1) is 5.92 Å². The second-order valence-electron chi connectivity index (χ2n) is 3.79. The number of carboxylic acid groups (broad SMARTS) is 2. The third-order valence-electron chi connectivity index (χ3n) is 2.31. The summed E-state index contributed by atoms with van der Waals surface area (Å²) in [6, 6.07) is 0. The zero-order valence-corrected chi connectivity index (χ0v) is 15.6. The molecule has 0 bridgehead atoms. The van der Waals surface area contributed by atoms with Gasteiger partial charge in [-0.25, -0.2) is 0 Å². The Morgan fingerprint density at radius 1 is 1.11 bits per heavy atom. The first kappa shape index (κ1) is 23.7. The van der Waals surface area contributed by atoms with Crippen LogP contribution in [0.15, 0.2) is 12.2 Å². The molecule has 1 atom stereocenters. The van der Waals surface area contributed by atoms with E-state index in [-0.39, 0.29) is 65.5 Å². The Morgan fingerprint density at radius 3 is 2.17 bits per heavy atom.